The Labute approximate surface area is 274 Å². The SMILES string of the molecule is CC(C)C[C@H](NC(=O)C(CC(=O)NCCc1c[nH]c2ccccc12)Cc1cccc2ccccc12)C(=O)C(O)[C@@H](N)Cc1cnc[nH]1. The summed E-state index contributed by atoms with van der Waals surface area (Å²) in [6.45, 7) is 4.30. The predicted octanol–water partition coefficient (Wildman–Crippen LogP) is 3.98. The van der Waals surface area contributed by atoms with Crippen LogP contribution in [0.4, 0.5) is 0 Å². The largest absolute Gasteiger partial charge is 0.384 e. The van der Waals surface area contributed by atoms with E-state index in [4.69, 9.17) is 5.73 Å². The van der Waals surface area contributed by atoms with E-state index in [1.807, 2.05) is 86.8 Å². The third kappa shape index (κ3) is 8.72. The molecule has 0 radical (unpaired) electrons. The number of hydrogen-bond donors (Lipinski definition) is 6. The maximum absolute atomic E-state index is 14.0. The summed E-state index contributed by atoms with van der Waals surface area (Å²) in [6.07, 6.45) is 4.97. The molecule has 0 aliphatic heterocycles. The van der Waals surface area contributed by atoms with Gasteiger partial charge in [0.1, 0.15) is 6.10 Å². The third-order valence-electron chi connectivity index (χ3n) is 8.61. The normalized spacial score (nSPS) is 14.1. The minimum Gasteiger partial charge on any atom is -0.384 e. The topological polar surface area (TPSA) is 166 Å². The van der Waals surface area contributed by atoms with E-state index < -0.39 is 35.8 Å². The molecule has 4 atom stereocenters. The van der Waals surface area contributed by atoms with Crippen LogP contribution in [0.5, 0.6) is 0 Å². The Balaban J connectivity index is 1.31. The van der Waals surface area contributed by atoms with E-state index in [0.717, 1.165) is 32.8 Å². The molecule has 0 aliphatic carbocycles. The van der Waals surface area contributed by atoms with Crippen LogP contribution in [0.3, 0.4) is 0 Å². The van der Waals surface area contributed by atoms with E-state index in [2.05, 4.69) is 25.6 Å². The smallest absolute Gasteiger partial charge is 0.224 e. The highest BCUT2D eigenvalue weighted by molar-refractivity contribution is 5.94. The highest BCUT2D eigenvalue weighted by Gasteiger charge is 2.34. The molecule has 10 heteroatoms. The Hall–Kier alpha value is -4.80. The molecule has 2 amide bonds. The van der Waals surface area contributed by atoms with Gasteiger partial charge in [0.25, 0.3) is 0 Å². The first-order valence-corrected chi connectivity index (χ1v) is 16.2. The van der Waals surface area contributed by atoms with Gasteiger partial charge < -0.3 is 31.4 Å². The average Bonchev–Trinajstić information content (AvgIpc) is 3.73. The number of rotatable bonds is 16. The van der Waals surface area contributed by atoms with Gasteiger partial charge in [-0.3, -0.25) is 14.4 Å². The molecular formula is C37H44N6O4. The summed E-state index contributed by atoms with van der Waals surface area (Å²) in [7, 11) is 0. The number of aromatic nitrogens is 3. The molecule has 2 unspecified atom stereocenters. The summed E-state index contributed by atoms with van der Waals surface area (Å²) >= 11 is 0. The molecule has 10 nitrogen and oxygen atoms in total. The lowest BCUT2D eigenvalue weighted by molar-refractivity contribution is -0.136. The van der Waals surface area contributed by atoms with Crippen molar-refractivity contribution < 1.29 is 19.5 Å². The summed E-state index contributed by atoms with van der Waals surface area (Å²) < 4.78 is 0. The second-order valence-electron chi connectivity index (χ2n) is 12.7. The van der Waals surface area contributed by atoms with Crippen LogP contribution in [0, 0.1) is 11.8 Å². The summed E-state index contributed by atoms with van der Waals surface area (Å²) in [4.78, 5) is 51.0. The zero-order valence-electron chi connectivity index (χ0n) is 26.9. The molecule has 0 aliphatic rings. The molecule has 2 aromatic heterocycles. The number of benzene rings is 3. The number of carbonyl (C=O) groups is 3. The molecule has 0 spiro atoms. The van der Waals surface area contributed by atoms with Gasteiger partial charge in [-0.25, -0.2) is 4.98 Å². The Bertz CT molecular complexity index is 1790. The maximum Gasteiger partial charge on any atom is 0.224 e. The lowest BCUT2D eigenvalue weighted by Gasteiger charge is -2.27. The van der Waals surface area contributed by atoms with Crippen molar-refractivity contribution in [1.82, 2.24) is 25.6 Å². The fourth-order valence-electron chi connectivity index (χ4n) is 6.15. The number of aliphatic hydroxyl groups excluding tert-OH is 1. The van der Waals surface area contributed by atoms with Crippen LogP contribution in [0.1, 0.15) is 43.5 Å². The van der Waals surface area contributed by atoms with Crippen LogP contribution in [-0.4, -0.2) is 62.4 Å². The number of ketones is 1. The summed E-state index contributed by atoms with van der Waals surface area (Å²) in [6, 6.07) is 20.0. The number of fused-ring (bicyclic) bond motifs is 2. The molecule has 5 aromatic rings. The number of nitrogens with one attached hydrogen (secondary N) is 4. The first kappa shape index (κ1) is 33.6. The van der Waals surface area contributed by atoms with Crippen molar-refractivity contribution in [2.75, 3.05) is 6.54 Å². The Morgan fingerprint density at radius 3 is 2.43 bits per heavy atom. The number of aliphatic hydroxyl groups is 1. The van der Waals surface area contributed by atoms with Gasteiger partial charge in [-0.1, -0.05) is 74.5 Å². The molecule has 3 aromatic carbocycles. The minimum absolute atomic E-state index is 0.0459. The fraction of sp³-hybridized carbons (Fsp3) is 0.351. The number of H-pyrrole nitrogens is 2. The van der Waals surface area contributed by atoms with Crippen molar-refractivity contribution in [3.63, 3.8) is 0 Å². The lowest BCUT2D eigenvalue weighted by atomic mass is 9.89. The lowest BCUT2D eigenvalue weighted by Crippen LogP contribution is -2.53. The predicted molar refractivity (Wildman–Crippen MR) is 183 cm³/mol. The van der Waals surface area contributed by atoms with E-state index in [0.29, 0.717) is 31.5 Å². The minimum atomic E-state index is -1.49. The standard InChI is InChI=1S/C37H44N6O4/c1-23(2)16-33(36(46)35(45)31(38)19-28-21-39-22-42-28)43-37(47)27(17-25-10-7-9-24-8-3-4-11-29(24)25)18-34(44)40-15-14-26-20-41-32-13-6-5-12-30(26)32/h3-13,20-23,27,31,33,35,41,45H,14-19,38H2,1-2H3,(H,39,42)(H,40,44)(H,43,47)/t27?,31-,33-,35?/m0/s1. The van der Waals surface area contributed by atoms with E-state index >= 15 is 0 Å². The highest BCUT2D eigenvalue weighted by Crippen LogP contribution is 2.24. The number of para-hydroxylation sites is 1. The summed E-state index contributed by atoms with van der Waals surface area (Å²) in [5.41, 5.74) is 9.99. The second kappa shape index (κ2) is 15.7. The van der Waals surface area contributed by atoms with E-state index in [1.54, 1.807) is 6.20 Å². The number of nitrogens with zero attached hydrogens (tertiary/aromatic N) is 1. The van der Waals surface area contributed by atoms with Gasteiger partial charge in [0, 0.05) is 54.4 Å². The Kier molecular flexibility index (Phi) is 11.2. The zero-order valence-corrected chi connectivity index (χ0v) is 26.9. The molecule has 0 bridgehead atoms. The fourth-order valence-corrected chi connectivity index (χ4v) is 6.15. The third-order valence-corrected chi connectivity index (χ3v) is 8.61. The van der Waals surface area contributed by atoms with Gasteiger partial charge in [0.15, 0.2) is 5.78 Å². The quantitative estimate of drug-likeness (QED) is 0.0959. The molecule has 47 heavy (non-hydrogen) atoms. The van der Waals surface area contributed by atoms with E-state index in [-0.39, 0.29) is 24.7 Å². The number of hydrogen-bond acceptors (Lipinski definition) is 6. The number of nitrogens with two attached hydrogens (primary N) is 1. The number of Topliss-reactive ketones (excluding diaryl/α,β-unsaturated/α-hetero) is 1. The van der Waals surface area contributed by atoms with Gasteiger partial charge in [-0.2, -0.15) is 0 Å². The van der Waals surface area contributed by atoms with Crippen molar-refractivity contribution in [2.24, 2.45) is 17.6 Å². The number of carbonyl (C=O) groups excluding carboxylic acids is 3. The Morgan fingerprint density at radius 2 is 1.66 bits per heavy atom. The van der Waals surface area contributed by atoms with Gasteiger partial charge >= 0.3 is 0 Å². The van der Waals surface area contributed by atoms with Gasteiger partial charge in [-0.05, 0) is 53.1 Å². The Morgan fingerprint density at radius 1 is 0.915 bits per heavy atom. The van der Waals surface area contributed by atoms with Crippen LogP contribution in [0.15, 0.2) is 85.5 Å². The van der Waals surface area contributed by atoms with Crippen LogP contribution in [-0.2, 0) is 33.6 Å². The maximum atomic E-state index is 14.0. The molecule has 0 fully saturated rings. The number of aromatic amines is 2. The molecule has 0 saturated carbocycles. The van der Waals surface area contributed by atoms with Crippen molar-refractivity contribution in [1.29, 1.82) is 0 Å². The second-order valence-corrected chi connectivity index (χ2v) is 12.7. The van der Waals surface area contributed by atoms with E-state index in [9.17, 15) is 19.5 Å². The van der Waals surface area contributed by atoms with Crippen molar-refractivity contribution in [3.05, 3.63) is 102 Å². The molecule has 2 heterocycles. The van der Waals surface area contributed by atoms with Crippen LogP contribution >= 0.6 is 0 Å². The highest BCUT2D eigenvalue weighted by atomic mass is 16.3. The van der Waals surface area contributed by atoms with Gasteiger partial charge in [-0.15, -0.1) is 0 Å². The zero-order chi connectivity index (χ0) is 33.3. The van der Waals surface area contributed by atoms with E-state index in [1.165, 1.54) is 6.33 Å². The molecule has 5 rings (SSSR count). The number of amides is 2. The average molecular weight is 637 g/mol. The monoisotopic (exact) mass is 636 g/mol. The summed E-state index contributed by atoms with van der Waals surface area (Å²) in [5.74, 6) is -1.93. The summed E-state index contributed by atoms with van der Waals surface area (Å²) in [5, 5.41) is 20.0. The van der Waals surface area contributed by atoms with Crippen LogP contribution in [0.2, 0.25) is 0 Å². The van der Waals surface area contributed by atoms with Gasteiger partial charge in [0.2, 0.25) is 11.8 Å². The number of imidazole rings is 1. The van der Waals surface area contributed by atoms with Gasteiger partial charge in [0.05, 0.1) is 18.3 Å². The molecule has 246 valence electrons. The molecule has 0 saturated heterocycles. The van der Waals surface area contributed by atoms with Crippen LogP contribution < -0.4 is 16.4 Å². The molecule has 7 N–H and O–H groups in total. The van der Waals surface area contributed by atoms with Crippen LogP contribution in [0.25, 0.3) is 21.7 Å². The first-order valence-electron chi connectivity index (χ1n) is 16.2. The van der Waals surface area contributed by atoms with Crippen molar-refractivity contribution in [3.8, 4) is 0 Å². The first-order chi connectivity index (χ1) is 22.7. The van der Waals surface area contributed by atoms with Crippen molar-refractivity contribution >= 4 is 39.3 Å². The van der Waals surface area contributed by atoms with Crippen molar-refractivity contribution in [2.45, 2.75) is 64.1 Å². The molecular weight excluding hydrogens is 592 g/mol.